The molecule has 15 heteroatoms. The highest BCUT2D eigenvalue weighted by Crippen LogP contribution is 2.46. The fraction of sp³-hybridized carbons (Fsp3) is 0.300. The average Bonchev–Trinajstić information content (AvgIpc) is 2.76. The van der Waals surface area contributed by atoms with Crippen molar-refractivity contribution in [3.05, 3.63) is 51.7 Å². The van der Waals surface area contributed by atoms with Crippen LogP contribution in [0.15, 0.2) is 29.3 Å². The van der Waals surface area contributed by atoms with Gasteiger partial charge in [0.2, 0.25) is 5.43 Å². The molecule has 0 spiro atoms. The third kappa shape index (κ3) is 4.49. The zero-order valence-corrected chi connectivity index (χ0v) is 17.3. The molecule has 2 N–H and O–H groups in total. The smallest absolute Gasteiger partial charge is 0.459 e. The predicted molar refractivity (Wildman–Crippen MR) is 104 cm³/mol. The van der Waals surface area contributed by atoms with Crippen molar-refractivity contribution in [2.24, 2.45) is 0 Å². The van der Waals surface area contributed by atoms with Crippen LogP contribution < -0.4 is 10.7 Å². The zero-order valence-electron chi connectivity index (χ0n) is 17.3. The number of pyridine rings is 2. The summed E-state index contributed by atoms with van der Waals surface area (Å²) in [4.78, 5) is 42.8. The molecule has 2 heterocycles. The molecule has 188 valence electrons. The first-order valence-electron chi connectivity index (χ1n) is 9.53. The number of halogens is 8. The van der Waals surface area contributed by atoms with Gasteiger partial charge in [-0.15, -0.1) is 0 Å². The Balaban J connectivity index is 1.96. The Bertz CT molecular complexity index is 1380. The maximum absolute atomic E-state index is 14.7. The van der Waals surface area contributed by atoms with Crippen LogP contribution in [0.4, 0.5) is 35.1 Å². The standard InChI is InChI=1S/C20H13F8N3O4/c1-2-35-17(34)10-6-30-14-12(15(10)32)11(21)4-8-3-9(5-29-13(8)14)16(33)31-7-18(22,23)19(24,25)20(26,27)28/h3-6H,2,7H2,1H3,(H,30,32)(H,31,33). The lowest BCUT2D eigenvalue weighted by molar-refractivity contribution is -0.352. The molecule has 3 aromatic rings. The van der Waals surface area contributed by atoms with Crippen molar-refractivity contribution in [3.63, 3.8) is 0 Å². The van der Waals surface area contributed by atoms with E-state index in [1.807, 2.05) is 0 Å². The van der Waals surface area contributed by atoms with Gasteiger partial charge in [-0.25, -0.2) is 9.18 Å². The van der Waals surface area contributed by atoms with Gasteiger partial charge in [-0.1, -0.05) is 0 Å². The molecule has 2 aromatic heterocycles. The van der Waals surface area contributed by atoms with Gasteiger partial charge in [-0.2, -0.15) is 30.7 Å². The average molecular weight is 511 g/mol. The molecule has 0 fully saturated rings. The molecule has 35 heavy (non-hydrogen) atoms. The van der Waals surface area contributed by atoms with Gasteiger partial charge >= 0.3 is 24.0 Å². The van der Waals surface area contributed by atoms with Crippen molar-refractivity contribution in [2.75, 3.05) is 13.2 Å². The van der Waals surface area contributed by atoms with E-state index < -0.39 is 64.2 Å². The molecular weight excluding hydrogens is 498 g/mol. The highest BCUT2D eigenvalue weighted by molar-refractivity contribution is 6.07. The molecule has 0 aliphatic carbocycles. The molecule has 0 radical (unpaired) electrons. The summed E-state index contributed by atoms with van der Waals surface area (Å²) in [6, 6.07) is 1.62. The monoisotopic (exact) mass is 511 g/mol. The van der Waals surface area contributed by atoms with Gasteiger partial charge < -0.3 is 15.0 Å². The van der Waals surface area contributed by atoms with Gasteiger partial charge in [-0.05, 0) is 19.1 Å². The second kappa shape index (κ2) is 8.78. The third-order valence-corrected chi connectivity index (χ3v) is 4.80. The minimum Gasteiger partial charge on any atom is -0.462 e. The Morgan fingerprint density at radius 2 is 1.77 bits per heavy atom. The molecule has 0 atom stereocenters. The summed E-state index contributed by atoms with van der Waals surface area (Å²) >= 11 is 0. The first kappa shape index (κ1) is 25.8. The first-order valence-corrected chi connectivity index (χ1v) is 9.53. The second-order valence-electron chi connectivity index (χ2n) is 7.12. The number of ether oxygens (including phenoxy) is 1. The number of amides is 1. The maximum atomic E-state index is 14.7. The molecule has 0 saturated heterocycles. The number of hydrogen-bond donors (Lipinski definition) is 2. The maximum Gasteiger partial charge on any atom is 0.459 e. The summed E-state index contributed by atoms with van der Waals surface area (Å²) < 4.78 is 109. The van der Waals surface area contributed by atoms with Crippen LogP contribution in [0.2, 0.25) is 0 Å². The van der Waals surface area contributed by atoms with Gasteiger partial charge in [0.1, 0.15) is 11.4 Å². The van der Waals surface area contributed by atoms with E-state index in [9.17, 15) is 49.5 Å². The summed E-state index contributed by atoms with van der Waals surface area (Å²) in [5.74, 6) is -15.7. The highest BCUT2D eigenvalue weighted by atomic mass is 19.4. The summed E-state index contributed by atoms with van der Waals surface area (Å²) in [7, 11) is 0. The van der Waals surface area contributed by atoms with Gasteiger partial charge in [-0.3, -0.25) is 14.6 Å². The Morgan fingerprint density at radius 1 is 1.11 bits per heavy atom. The van der Waals surface area contributed by atoms with Crippen LogP contribution in [-0.4, -0.2) is 53.0 Å². The second-order valence-corrected chi connectivity index (χ2v) is 7.12. The number of nitrogens with one attached hydrogen (secondary N) is 2. The minimum atomic E-state index is -6.56. The minimum absolute atomic E-state index is 0.0529. The lowest BCUT2D eigenvalue weighted by Gasteiger charge is -2.28. The SMILES string of the molecule is CCOC(=O)c1c[nH]c2c(c(F)cc3cc(C(=O)NCC(F)(F)C(F)(F)C(F)(F)F)cnc32)c1=O. The van der Waals surface area contributed by atoms with E-state index in [1.54, 1.807) is 0 Å². The first-order chi connectivity index (χ1) is 16.1. The number of rotatable bonds is 6. The van der Waals surface area contributed by atoms with Crippen molar-refractivity contribution in [2.45, 2.75) is 24.9 Å². The Morgan fingerprint density at radius 3 is 2.37 bits per heavy atom. The molecule has 0 unspecified atom stereocenters. The number of nitrogens with zero attached hydrogens (tertiary/aromatic N) is 1. The fourth-order valence-corrected chi connectivity index (χ4v) is 3.05. The number of H-pyrrole nitrogens is 1. The molecule has 1 aromatic carbocycles. The van der Waals surface area contributed by atoms with Crippen LogP contribution in [-0.2, 0) is 4.74 Å². The lowest BCUT2D eigenvalue weighted by atomic mass is 10.1. The molecule has 3 rings (SSSR count). The van der Waals surface area contributed by atoms with Crippen LogP contribution in [0.3, 0.4) is 0 Å². The molecule has 0 saturated carbocycles. The summed E-state index contributed by atoms with van der Waals surface area (Å²) in [5.41, 5.74) is -2.38. The Labute approximate surface area is 189 Å². The van der Waals surface area contributed by atoms with Crippen molar-refractivity contribution in [3.8, 4) is 0 Å². The van der Waals surface area contributed by atoms with E-state index in [-0.39, 0.29) is 23.0 Å². The Hall–Kier alpha value is -3.78. The third-order valence-electron chi connectivity index (χ3n) is 4.80. The topological polar surface area (TPSA) is 101 Å². The number of benzene rings is 1. The quantitative estimate of drug-likeness (QED) is 0.297. The van der Waals surface area contributed by atoms with Gasteiger partial charge in [0.05, 0.1) is 35.1 Å². The van der Waals surface area contributed by atoms with Crippen molar-refractivity contribution >= 4 is 33.7 Å². The summed E-state index contributed by atoms with van der Waals surface area (Å²) in [5, 5.41) is 0.537. The van der Waals surface area contributed by atoms with Crippen LogP contribution in [0.25, 0.3) is 21.8 Å². The molecule has 0 bridgehead atoms. The van der Waals surface area contributed by atoms with E-state index in [0.29, 0.717) is 0 Å². The van der Waals surface area contributed by atoms with Crippen LogP contribution in [0.5, 0.6) is 0 Å². The zero-order chi connectivity index (χ0) is 26.3. The van der Waals surface area contributed by atoms with Gasteiger partial charge in [0.15, 0.2) is 0 Å². The number of carbonyl (C=O) groups excluding carboxylic acids is 2. The molecule has 7 nitrogen and oxygen atoms in total. The number of carbonyl (C=O) groups is 2. The van der Waals surface area contributed by atoms with Gasteiger partial charge in [0.25, 0.3) is 5.91 Å². The highest BCUT2D eigenvalue weighted by Gasteiger charge is 2.72. The number of aromatic amines is 1. The molecule has 0 aliphatic heterocycles. The van der Waals surface area contributed by atoms with Crippen molar-refractivity contribution < 1.29 is 49.4 Å². The molecule has 0 aliphatic rings. The molecule has 1 amide bonds. The number of alkyl halides is 7. The van der Waals surface area contributed by atoms with Gasteiger partial charge in [0, 0.05) is 17.8 Å². The van der Waals surface area contributed by atoms with Crippen LogP contribution in [0, 0.1) is 5.82 Å². The fourth-order valence-electron chi connectivity index (χ4n) is 3.05. The lowest BCUT2D eigenvalue weighted by Crippen LogP contribution is -2.56. The summed E-state index contributed by atoms with van der Waals surface area (Å²) in [6.07, 6.45) is -4.87. The molecular formula is C20H13F8N3O4. The normalized spacial score (nSPS) is 12.7. The number of fused-ring (bicyclic) bond motifs is 3. The predicted octanol–water partition coefficient (Wildman–Crippen LogP) is 3.95. The van der Waals surface area contributed by atoms with E-state index >= 15 is 0 Å². The van der Waals surface area contributed by atoms with Crippen molar-refractivity contribution in [1.82, 2.24) is 15.3 Å². The van der Waals surface area contributed by atoms with Crippen LogP contribution in [0.1, 0.15) is 27.6 Å². The Kier molecular flexibility index (Phi) is 6.48. The summed E-state index contributed by atoms with van der Waals surface area (Å²) in [6.45, 7) is -0.920. The van der Waals surface area contributed by atoms with Crippen molar-refractivity contribution in [1.29, 1.82) is 0 Å². The van der Waals surface area contributed by atoms with E-state index in [4.69, 9.17) is 4.74 Å². The van der Waals surface area contributed by atoms with E-state index in [1.165, 1.54) is 12.2 Å². The number of hydrogen-bond acceptors (Lipinski definition) is 5. The number of esters is 1. The van der Waals surface area contributed by atoms with E-state index in [2.05, 4.69) is 9.97 Å². The number of aromatic nitrogens is 2. The largest absolute Gasteiger partial charge is 0.462 e. The van der Waals surface area contributed by atoms with E-state index in [0.717, 1.165) is 24.5 Å². The van der Waals surface area contributed by atoms with Crippen LogP contribution >= 0.6 is 0 Å².